The van der Waals surface area contributed by atoms with Crippen LogP contribution in [0.2, 0.25) is 0 Å². The number of benzene rings is 1. The molecule has 0 amide bonds. The normalized spacial score (nSPS) is 13.6. The van der Waals surface area contributed by atoms with Crippen molar-refractivity contribution in [3.8, 4) is 0 Å². The first-order valence-corrected chi connectivity index (χ1v) is 6.97. The summed E-state index contributed by atoms with van der Waals surface area (Å²) in [4.78, 5) is 13.0. The second-order valence-electron chi connectivity index (χ2n) is 3.58. The number of carbonyl (C=O) groups excluding carboxylic acids is 1. The van der Waals surface area contributed by atoms with Crippen LogP contribution < -0.4 is 0 Å². The summed E-state index contributed by atoms with van der Waals surface area (Å²) in [5.41, 5.74) is 3.12. The van der Waals surface area contributed by atoms with Gasteiger partial charge < -0.3 is 0 Å². The fourth-order valence-corrected chi connectivity index (χ4v) is 3.11. The lowest BCUT2D eigenvalue weighted by atomic mass is 10.0. The minimum Gasteiger partial charge on any atom is -0.295 e. The number of rotatable bonds is 4. The molecule has 0 saturated heterocycles. The first-order valence-electron chi connectivity index (χ1n) is 5.14. The molecule has 1 atom stereocenters. The molecule has 16 heavy (non-hydrogen) atoms. The molecular formula is C13H14Br2O. The van der Waals surface area contributed by atoms with Gasteiger partial charge in [-0.25, -0.2) is 0 Å². The molecule has 0 aliphatic rings. The lowest BCUT2D eigenvalue weighted by molar-refractivity contribution is -0.113. The van der Waals surface area contributed by atoms with Gasteiger partial charge >= 0.3 is 0 Å². The predicted octanol–water partition coefficient (Wildman–Crippen LogP) is 4.55. The van der Waals surface area contributed by atoms with Crippen molar-refractivity contribution in [2.45, 2.75) is 25.1 Å². The Balaban J connectivity index is 2.95. The standard InChI is InChI=1S/C13H14Br2O/c1-3-10-4-6-11(7-5-10)13(15)12(8-14)9(2)16/h4-8,13H,3H2,1-2H3/b12-8-. The average Bonchev–Trinajstić information content (AvgIpc) is 2.29. The summed E-state index contributed by atoms with van der Waals surface area (Å²) in [5, 5.41) is 0. The van der Waals surface area contributed by atoms with Gasteiger partial charge in [0.05, 0.1) is 4.83 Å². The van der Waals surface area contributed by atoms with E-state index in [-0.39, 0.29) is 10.6 Å². The van der Waals surface area contributed by atoms with Gasteiger partial charge in [0.1, 0.15) is 0 Å². The number of ketones is 1. The van der Waals surface area contributed by atoms with Crippen LogP contribution in [-0.4, -0.2) is 5.78 Å². The number of hydrogen-bond acceptors (Lipinski definition) is 1. The highest BCUT2D eigenvalue weighted by Gasteiger charge is 2.16. The summed E-state index contributed by atoms with van der Waals surface area (Å²) in [6.45, 7) is 3.70. The zero-order chi connectivity index (χ0) is 12.1. The monoisotopic (exact) mass is 344 g/mol. The summed E-state index contributed by atoms with van der Waals surface area (Å²) >= 11 is 6.77. The molecule has 0 heterocycles. The van der Waals surface area contributed by atoms with E-state index in [4.69, 9.17) is 0 Å². The van der Waals surface area contributed by atoms with E-state index in [1.807, 2.05) is 0 Å². The summed E-state index contributed by atoms with van der Waals surface area (Å²) in [6, 6.07) is 8.29. The van der Waals surface area contributed by atoms with Gasteiger partial charge in [0.2, 0.25) is 0 Å². The van der Waals surface area contributed by atoms with Gasteiger partial charge in [-0.15, -0.1) is 0 Å². The molecule has 3 heteroatoms. The lowest BCUT2D eigenvalue weighted by Gasteiger charge is -2.12. The van der Waals surface area contributed by atoms with Crippen molar-refractivity contribution in [2.24, 2.45) is 0 Å². The van der Waals surface area contributed by atoms with Gasteiger partial charge in [-0.3, -0.25) is 4.79 Å². The van der Waals surface area contributed by atoms with Crippen molar-refractivity contribution in [2.75, 3.05) is 0 Å². The molecular weight excluding hydrogens is 332 g/mol. The van der Waals surface area contributed by atoms with Crippen LogP contribution in [-0.2, 0) is 11.2 Å². The largest absolute Gasteiger partial charge is 0.295 e. The van der Waals surface area contributed by atoms with Crippen molar-refractivity contribution < 1.29 is 4.79 Å². The third kappa shape index (κ3) is 3.29. The van der Waals surface area contributed by atoms with Crippen molar-refractivity contribution in [3.05, 3.63) is 46.0 Å². The van der Waals surface area contributed by atoms with Crippen LogP contribution in [0.3, 0.4) is 0 Å². The Hall–Kier alpha value is -0.410. The zero-order valence-corrected chi connectivity index (χ0v) is 12.5. The second kappa shape index (κ2) is 6.36. The molecule has 0 aromatic heterocycles. The van der Waals surface area contributed by atoms with Gasteiger partial charge in [0.15, 0.2) is 5.78 Å². The summed E-state index contributed by atoms with van der Waals surface area (Å²) in [5.74, 6) is 0.0679. The molecule has 1 aromatic carbocycles. The van der Waals surface area contributed by atoms with Crippen molar-refractivity contribution >= 4 is 37.6 Å². The van der Waals surface area contributed by atoms with Crippen molar-refractivity contribution in [1.82, 2.24) is 0 Å². The molecule has 1 aromatic rings. The fourth-order valence-electron chi connectivity index (χ4n) is 1.41. The van der Waals surface area contributed by atoms with Gasteiger partial charge in [-0.2, -0.15) is 0 Å². The molecule has 1 rings (SSSR count). The lowest BCUT2D eigenvalue weighted by Crippen LogP contribution is -2.03. The third-order valence-corrected chi connectivity index (χ3v) is 3.99. The maximum absolute atomic E-state index is 11.4. The molecule has 0 aliphatic carbocycles. The summed E-state index contributed by atoms with van der Waals surface area (Å²) < 4.78 is 0. The van der Waals surface area contributed by atoms with E-state index in [9.17, 15) is 4.79 Å². The van der Waals surface area contributed by atoms with E-state index in [1.165, 1.54) is 5.56 Å². The Labute approximate surface area is 113 Å². The molecule has 0 radical (unpaired) electrons. The molecule has 0 spiro atoms. The van der Waals surface area contributed by atoms with Crippen LogP contribution in [0.4, 0.5) is 0 Å². The first-order chi connectivity index (χ1) is 7.60. The van der Waals surface area contributed by atoms with E-state index in [1.54, 1.807) is 11.9 Å². The highest BCUT2D eigenvalue weighted by molar-refractivity contribution is 9.11. The van der Waals surface area contributed by atoms with Crippen LogP contribution in [0.1, 0.15) is 29.8 Å². The number of carbonyl (C=O) groups is 1. The van der Waals surface area contributed by atoms with Gasteiger partial charge in [-0.1, -0.05) is 63.0 Å². The number of halogens is 2. The molecule has 0 fully saturated rings. The van der Waals surface area contributed by atoms with Crippen LogP contribution in [0, 0.1) is 0 Å². The van der Waals surface area contributed by atoms with E-state index in [2.05, 4.69) is 63.0 Å². The van der Waals surface area contributed by atoms with Crippen molar-refractivity contribution in [3.63, 3.8) is 0 Å². The number of hydrogen-bond donors (Lipinski definition) is 0. The molecule has 1 unspecified atom stereocenters. The van der Waals surface area contributed by atoms with Crippen molar-refractivity contribution in [1.29, 1.82) is 0 Å². The van der Waals surface area contributed by atoms with Crippen LogP contribution in [0.15, 0.2) is 34.8 Å². The van der Waals surface area contributed by atoms with Crippen LogP contribution in [0.5, 0.6) is 0 Å². The quantitative estimate of drug-likeness (QED) is 0.577. The maximum Gasteiger partial charge on any atom is 0.157 e. The minimum absolute atomic E-state index is 0.0460. The number of Topliss-reactive ketones (excluding diaryl/α,β-unsaturated/α-hetero) is 1. The summed E-state index contributed by atoms with van der Waals surface area (Å²) in [7, 11) is 0. The predicted molar refractivity (Wildman–Crippen MR) is 75.2 cm³/mol. The first kappa shape index (κ1) is 13.7. The van der Waals surface area contributed by atoms with Gasteiger partial charge in [0, 0.05) is 5.57 Å². The Morgan fingerprint density at radius 1 is 1.38 bits per heavy atom. The van der Waals surface area contributed by atoms with Gasteiger partial charge in [0.25, 0.3) is 0 Å². The highest BCUT2D eigenvalue weighted by atomic mass is 79.9. The van der Waals surface area contributed by atoms with E-state index >= 15 is 0 Å². The van der Waals surface area contributed by atoms with Gasteiger partial charge in [-0.05, 0) is 29.5 Å². The molecule has 0 bridgehead atoms. The molecule has 0 saturated carbocycles. The maximum atomic E-state index is 11.4. The molecule has 86 valence electrons. The third-order valence-electron chi connectivity index (χ3n) is 2.48. The second-order valence-corrected chi connectivity index (χ2v) is 4.95. The number of aryl methyl sites for hydroxylation is 1. The Bertz CT molecular complexity index is 393. The van der Waals surface area contributed by atoms with E-state index in [0.29, 0.717) is 0 Å². The highest BCUT2D eigenvalue weighted by Crippen LogP contribution is 2.32. The molecule has 1 nitrogen and oxygen atoms in total. The molecule has 0 aliphatic heterocycles. The van der Waals surface area contributed by atoms with Crippen LogP contribution in [0.25, 0.3) is 0 Å². The van der Waals surface area contributed by atoms with Crippen LogP contribution >= 0.6 is 31.9 Å². The number of alkyl halides is 1. The molecule has 0 N–H and O–H groups in total. The Morgan fingerprint density at radius 2 is 1.94 bits per heavy atom. The minimum atomic E-state index is -0.0460. The Kier molecular flexibility index (Phi) is 5.42. The Morgan fingerprint density at radius 3 is 2.31 bits per heavy atom. The summed E-state index contributed by atoms with van der Waals surface area (Å²) in [6.07, 6.45) is 1.03. The van der Waals surface area contributed by atoms with E-state index < -0.39 is 0 Å². The number of allylic oxidation sites excluding steroid dienone is 1. The zero-order valence-electron chi connectivity index (χ0n) is 9.34. The SMILES string of the molecule is CCc1ccc(C(Br)/C(=C\Br)C(C)=O)cc1. The fraction of sp³-hybridized carbons (Fsp3) is 0.308. The average molecular weight is 346 g/mol. The smallest absolute Gasteiger partial charge is 0.157 e. The van der Waals surface area contributed by atoms with E-state index in [0.717, 1.165) is 17.6 Å². The topological polar surface area (TPSA) is 17.1 Å².